The van der Waals surface area contributed by atoms with Crippen molar-refractivity contribution < 1.29 is 4.74 Å². The van der Waals surface area contributed by atoms with E-state index in [1.54, 1.807) is 0 Å². The highest BCUT2D eigenvalue weighted by Crippen LogP contribution is 2.19. The number of rotatable bonds is 4. The lowest BCUT2D eigenvalue weighted by Gasteiger charge is -2.10. The van der Waals surface area contributed by atoms with Gasteiger partial charge in [-0.2, -0.15) is 0 Å². The molecule has 0 bridgehead atoms. The summed E-state index contributed by atoms with van der Waals surface area (Å²) in [5, 5.41) is 0. The van der Waals surface area contributed by atoms with Crippen molar-refractivity contribution in [3.05, 3.63) is 29.3 Å². The van der Waals surface area contributed by atoms with E-state index >= 15 is 0 Å². The van der Waals surface area contributed by atoms with Gasteiger partial charge in [-0.3, -0.25) is 0 Å². The molecular weight excluding hydrogens is 172 g/mol. The summed E-state index contributed by atoms with van der Waals surface area (Å²) in [5.41, 5.74) is 2.77. The van der Waals surface area contributed by atoms with Crippen LogP contribution in [0, 0.1) is 12.8 Å². The first-order valence-corrected chi connectivity index (χ1v) is 5.35. The second kappa shape index (κ2) is 5.04. The van der Waals surface area contributed by atoms with Crippen LogP contribution in [0.1, 0.15) is 31.9 Å². The Balaban J connectivity index is 2.79. The number of hydrogen-bond acceptors (Lipinski definition) is 1. The third-order valence-electron chi connectivity index (χ3n) is 2.25. The van der Waals surface area contributed by atoms with E-state index in [2.05, 4.69) is 39.0 Å². The van der Waals surface area contributed by atoms with Gasteiger partial charge in [0.1, 0.15) is 5.75 Å². The Morgan fingerprint density at radius 1 is 1.29 bits per heavy atom. The molecule has 0 aromatic heterocycles. The first kappa shape index (κ1) is 11.1. The molecule has 0 aliphatic carbocycles. The first-order chi connectivity index (χ1) is 6.63. The summed E-state index contributed by atoms with van der Waals surface area (Å²) < 4.78 is 5.45. The van der Waals surface area contributed by atoms with Gasteiger partial charge < -0.3 is 4.74 Å². The van der Waals surface area contributed by atoms with Crippen LogP contribution in [0.2, 0.25) is 0 Å². The van der Waals surface area contributed by atoms with E-state index in [1.807, 2.05) is 6.92 Å². The maximum atomic E-state index is 5.45. The second-order valence-corrected chi connectivity index (χ2v) is 4.12. The highest BCUT2D eigenvalue weighted by molar-refractivity contribution is 5.34. The molecule has 78 valence electrons. The molecule has 0 saturated carbocycles. The zero-order chi connectivity index (χ0) is 10.6. The summed E-state index contributed by atoms with van der Waals surface area (Å²) in [6.45, 7) is 9.40. The minimum absolute atomic E-state index is 0.714. The van der Waals surface area contributed by atoms with Crippen molar-refractivity contribution in [2.75, 3.05) is 6.61 Å². The Kier molecular flexibility index (Phi) is 3.99. The number of aryl methyl sites for hydroxylation is 1. The van der Waals surface area contributed by atoms with E-state index in [9.17, 15) is 0 Å². The van der Waals surface area contributed by atoms with Gasteiger partial charge in [0.05, 0.1) is 6.61 Å². The van der Waals surface area contributed by atoms with Crippen LogP contribution in [-0.2, 0) is 6.42 Å². The average molecular weight is 192 g/mol. The predicted molar refractivity (Wildman–Crippen MR) is 60.9 cm³/mol. The molecule has 0 saturated heterocycles. The van der Waals surface area contributed by atoms with Gasteiger partial charge in [0.25, 0.3) is 0 Å². The molecule has 0 heterocycles. The molecular formula is C13H20O. The van der Waals surface area contributed by atoms with E-state index in [0.717, 1.165) is 18.8 Å². The van der Waals surface area contributed by atoms with Crippen LogP contribution < -0.4 is 4.74 Å². The lowest BCUT2D eigenvalue weighted by atomic mass is 9.99. The molecule has 0 radical (unpaired) electrons. The fourth-order valence-electron chi connectivity index (χ4n) is 1.59. The highest BCUT2D eigenvalue weighted by atomic mass is 16.5. The van der Waals surface area contributed by atoms with Gasteiger partial charge in [0.2, 0.25) is 0 Å². The fourth-order valence-corrected chi connectivity index (χ4v) is 1.59. The molecule has 0 amide bonds. The van der Waals surface area contributed by atoms with Crippen LogP contribution in [0.4, 0.5) is 0 Å². The van der Waals surface area contributed by atoms with Gasteiger partial charge in [-0.1, -0.05) is 19.9 Å². The molecule has 0 spiro atoms. The summed E-state index contributed by atoms with van der Waals surface area (Å²) in [4.78, 5) is 0. The molecule has 0 unspecified atom stereocenters. The SMILES string of the molecule is CCOc1ccc(CC(C)C)c(C)c1. The van der Waals surface area contributed by atoms with Crippen molar-refractivity contribution in [3.8, 4) is 5.75 Å². The van der Waals surface area contributed by atoms with Gasteiger partial charge in [-0.05, 0) is 49.4 Å². The lowest BCUT2D eigenvalue weighted by molar-refractivity contribution is 0.340. The molecule has 1 rings (SSSR count). The first-order valence-electron chi connectivity index (χ1n) is 5.35. The Hall–Kier alpha value is -0.980. The minimum atomic E-state index is 0.714. The number of hydrogen-bond donors (Lipinski definition) is 0. The van der Waals surface area contributed by atoms with Crippen molar-refractivity contribution in [2.45, 2.75) is 34.1 Å². The van der Waals surface area contributed by atoms with E-state index in [-0.39, 0.29) is 0 Å². The van der Waals surface area contributed by atoms with Crippen LogP contribution in [0.25, 0.3) is 0 Å². The van der Waals surface area contributed by atoms with Gasteiger partial charge in [-0.25, -0.2) is 0 Å². The molecule has 0 N–H and O–H groups in total. The zero-order valence-electron chi connectivity index (χ0n) is 9.63. The van der Waals surface area contributed by atoms with Crippen molar-refractivity contribution in [1.29, 1.82) is 0 Å². The standard InChI is InChI=1S/C13H20O/c1-5-14-13-7-6-12(8-10(2)3)11(4)9-13/h6-7,9-10H,5,8H2,1-4H3. The van der Waals surface area contributed by atoms with Crippen LogP contribution in [-0.4, -0.2) is 6.61 Å². The normalized spacial score (nSPS) is 10.6. The van der Waals surface area contributed by atoms with E-state index in [4.69, 9.17) is 4.74 Å². The highest BCUT2D eigenvalue weighted by Gasteiger charge is 2.02. The molecule has 1 aromatic rings. The molecule has 1 aromatic carbocycles. The number of ether oxygens (including phenoxy) is 1. The molecule has 0 aliphatic rings. The van der Waals surface area contributed by atoms with Crippen molar-refractivity contribution >= 4 is 0 Å². The smallest absolute Gasteiger partial charge is 0.119 e. The zero-order valence-corrected chi connectivity index (χ0v) is 9.63. The van der Waals surface area contributed by atoms with Crippen LogP contribution in [0.5, 0.6) is 5.75 Å². The van der Waals surface area contributed by atoms with Gasteiger partial charge >= 0.3 is 0 Å². The maximum Gasteiger partial charge on any atom is 0.119 e. The van der Waals surface area contributed by atoms with Crippen molar-refractivity contribution in [3.63, 3.8) is 0 Å². The Morgan fingerprint density at radius 3 is 2.50 bits per heavy atom. The van der Waals surface area contributed by atoms with Crippen molar-refractivity contribution in [1.82, 2.24) is 0 Å². The summed E-state index contributed by atoms with van der Waals surface area (Å²) in [6.07, 6.45) is 1.15. The van der Waals surface area contributed by atoms with E-state index in [1.165, 1.54) is 11.1 Å². The largest absolute Gasteiger partial charge is 0.494 e. The van der Waals surface area contributed by atoms with E-state index in [0.29, 0.717) is 5.92 Å². The predicted octanol–water partition coefficient (Wildman–Crippen LogP) is 3.59. The Labute approximate surface area is 87.1 Å². The summed E-state index contributed by atoms with van der Waals surface area (Å²) in [7, 11) is 0. The molecule has 0 fully saturated rings. The van der Waals surface area contributed by atoms with Crippen LogP contribution in [0.15, 0.2) is 18.2 Å². The topological polar surface area (TPSA) is 9.23 Å². The molecule has 0 atom stereocenters. The summed E-state index contributed by atoms with van der Waals surface area (Å²) >= 11 is 0. The average Bonchev–Trinajstić information content (AvgIpc) is 2.10. The van der Waals surface area contributed by atoms with Crippen LogP contribution >= 0.6 is 0 Å². The molecule has 0 aliphatic heterocycles. The molecule has 1 heteroatoms. The van der Waals surface area contributed by atoms with Gasteiger partial charge in [0, 0.05) is 0 Å². The third-order valence-corrected chi connectivity index (χ3v) is 2.25. The minimum Gasteiger partial charge on any atom is -0.494 e. The van der Waals surface area contributed by atoms with Gasteiger partial charge in [-0.15, -0.1) is 0 Å². The quantitative estimate of drug-likeness (QED) is 0.708. The van der Waals surface area contributed by atoms with Gasteiger partial charge in [0.15, 0.2) is 0 Å². The Bertz CT molecular complexity index is 289. The summed E-state index contributed by atoms with van der Waals surface area (Å²) in [5.74, 6) is 1.70. The van der Waals surface area contributed by atoms with Crippen LogP contribution in [0.3, 0.4) is 0 Å². The molecule has 1 nitrogen and oxygen atoms in total. The lowest BCUT2D eigenvalue weighted by Crippen LogP contribution is -1.98. The van der Waals surface area contributed by atoms with E-state index < -0.39 is 0 Å². The fraction of sp³-hybridized carbons (Fsp3) is 0.538. The third kappa shape index (κ3) is 3.06. The summed E-state index contributed by atoms with van der Waals surface area (Å²) in [6, 6.07) is 6.37. The maximum absolute atomic E-state index is 5.45. The van der Waals surface area contributed by atoms with Crippen molar-refractivity contribution in [2.24, 2.45) is 5.92 Å². The Morgan fingerprint density at radius 2 is 2.00 bits per heavy atom. The second-order valence-electron chi connectivity index (χ2n) is 4.12. The monoisotopic (exact) mass is 192 g/mol. The molecule has 14 heavy (non-hydrogen) atoms. The number of benzene rings is 1.